The van der Waals surface area contributed by atoms with Gasteiger partial charge in [-0.15, -0.1) is 0 Å². The van der Waals surface area contributed by atoms with Gasteiger partial charge in [0.2, 0.25) is 5.56 Å². The molecule has 0 saturated carbocycles. The largest absolute Gasteiger partial charge is 0.318 e. The van der Waals surface area contributed by atoms with Crippen molar-refractivity contribution in [1.29, 1.82) is 0 Å². The van der Waals surface area contributed by atoms with Gasteiger partial charge in [-0.05, 0) is 41.8 Å². The molecule has 26 heavy (non-hydrogen) atoms. The first-order valence-electron chi connectivity index (χ1n) is 8.46. The molecule has 1 unspecified atom stereocenters. The van der Waals surface area contributed by atoms with E-state index in [-0.39, 0.29) is 17.3 Å². The monoisotopic (exact) mass is 365 g/mol. The molecule has 0 aliphatic rings. The van der Waals surface area contributed by atoms with Gasteiger partial charge in [-0.3, -0.25) is 9.59 Å². The summed E-state index contributed by atoms with van der Waals surface area (Å²) in [7, 11) is 1.65. The zero-order valence-corrected chi connectivity index (χ0v) is 15.5. The van der Waals surface area contributed by atoms with Crippen molar-refractivity contribution in [2.45, 2.75) is 19.3 Å². The van der Waals surface area contributed by atoms with Crippen molar-refractivity contribution in [2.75, 3.05) is 0 Å². The summed E-state index contributed by atoms with van der Waals surface area (Å²) < 4.78 is 1.43. The molecule has 4 heteroatoms. The third-order valence-corrected chi connectivity index (χ3v) is 4.84. The molecule has 0 aliphatic carbocycles. The van der Waals surface area contributed by atoms with E-state index in [0.717, 1.165) is 16.7 Å². The van der Waals surface area contributed by atoms with Crippen LogP contribution in [-0.2, 0) is 7.05 Å². The maximum Gasteiger partial charge on any atom is 0.250 e. The summed E-state index contributed by atoms with van der Waals surface area (Å²) >= 11 is 6.10. The first-order chi connectivity index (χ1) is 12.5. The first kappa shape index (κ1) is 18.2. The number of Topliss-reactive ketones (excluding diaryl/α,β-unsaturated/α-hetero) is 1. The number of hydrogen-bond donors (Lipinski definition) is 0. The van der Waals surface area contributed by atoms with Crippen molar-refractivity contribution in [3.63, 3.8) is 0 Å². The van der Waals surface area contributed by atoms with Crippen LogP contribution in [0.1, 0.15) is 39.4 Å². The predicted octanol–water partition coefficient (Wildman–Crippen LogP) is 4.75. The highest BCUT2D eigenvalue weighted by Gasteiger charge is 2.21. The Hall–Kier alpha value is -2.65. The molecular formula is C22H20ClNO2. The van der Waals surface area contributed by atoms with Crippen LogP contribution < -0.4 is 5.56 Å². The Bertz CT molecular complexity index is 993. The second-order valence-electron chi connectivity index (χ2n) is 6.46. The lowest BCUT2D eigenvalue weighted by Gasteiger charge is -2.20. The molecule has 3 rings (SSSR count). The summed E-state index contributed by atoms with van der Waals surface area (Å²) in [6.07, 6.45) is 1.92. The topological polar surface area (TPSA) is 39.1 Å². The van der Waals surface area contributed by atoms with Crippen LogP contribution in [0.15, 0.2) is 71.7 Å². The highest BCUT2D eigenvalue weighted by Crippen LogP contribution is 2.32. The Morgan fingerprint density at radius 1 is 1.08 bits per heavy atom. The van der Waals surface area contributed by atoms with E-state index in [1.54, 1.807) is 19.3 Å². The van der Waals surface area contributed by atoms with E-state index in [4.69, 9.17) is 11.6 Å². The Balaban J connectivity index is 1.99. The zero-order valence-electron chi connectivity index (χ0n) is 14.8. The minimum atomic E-state index is -0.130. The van der Waals surface area contributed by atoms with E-state index in [2.05, 4.69) is 0 Å². The molecule has 132 valence electrons. The number of halogens is 1. The van der Waals surface area contributed by atoms with Gasteiger partial charge in [-0.2, -0.15) is 0 Å². The molecule has 0 aliphatic heterocycles. The van der Waals surface area contributed by atoms with Crippen LogP contribution in [0.25, 0.3) is 0 Å². The van der Waals surface area contributed by atoms with Crippen LogP contribution in [0.5, 0.6) is 0 Å². The van der Waals surface area contributed by atoms with E-state index < -0.39 is 0 Å². The molecule has 0 saturated heterocycles. The molecule has 1 aromatic heterocycles. The van der Waals surface area contributed by atoms with Gasteiger partial charge >= 0.3 is 0 Å². The van der Waals surface area contributed by atoms with Gasteiger partial charge in [-0.1, -0.05) is 48.0 Å². The number of benzene rings is 2. The predicted molar refractivity (Wildman–Crippen MR) is 105 cm³/mol. The molecule has 1 heterocycles. The number of pyridine rings is 1. The van der Waals surface area contributed by atoms with E-state index in [9.17, 15) is 9.59 Å². The summed E-state index contributed by atoms with van der Waals surface area (Å²) in [4.78, 5) is 24.5. The van der Waals surface area contributed by atoms with E-state index >= 15 is 0 Å². The quantitative estimate of drug-likeness (QED) is 0.612. The fraction of sp³-hybridized carbons (Fsp3) is 0.182. The number of aryl methyl sites for hydroxylation is 2. The number of nitrogens with zero attached hydrogens (tertiary/aromatic N) is 1. The molecule has 0 spiro atoms. The van der Waals surface area contributed by atoms with E-state index in [1.807, 2.05) is 55.5 Å². The normalized spacial score (nSPS) is 12.0. The lowest BCUT2D eigenvalue weighted by Crippen LogP contribution is -2.17. The molecule has 0 fully saturated rings. The fourth-order valence-electron chi connectivity index (χ4n) is 3.18. The number of carbonyl (C=O) groups is 1. The number of hydrogen-bond acceptors (Lipinski definition) is 2. The third-order valence-electron chi connectivity index (χ3n) is 4.61. The van der Waals surface area contributed by atoms with Crippen molar-refractivity contribution >= 4 is 17.4 Å². The molecule has 0 N–H and O–H groups in total. The van der Waals surface area contributed by atoms with Gasteiger partial charge in [0.15, 0.2) is 5.78 Å². The second kappa shape index (κ2) is 7.71. The maximum atomic E-state index is 12.9. The standard InChI is InChI=1S/C22H20ClNO2/c1-15-12-18(23)9-10-19(15)20(16-6-4-3-5-7-16)13-21(25)17-8-11-22(26)24(2)14-17/h3-12,14,20H,13H2,1-2H3. The number of ketones is 1. The molecule has 3 nitrogen and oxygen atoms in total. The average molecular weight is 366 g/mol. The van der Waals surface area contributed by atoms with Crippen molar-refractivity contribution < 1.29 is 4.79 Å². The van der Waals surface area contributed by atoms with Crippen LogP contribution in [0.4, 0.5) is 0 Å². The van der Waals surface area contributed by atoms with Crippen LogP contribution in [-0.4, -0.2) is 10.4 Å². The number of rotatable bonds is 5. The molecule has 1 atom stereocenters. The fourth-order valence-corrected chi connectivity index (χ4v) is 3.41. The minimum absolute atomic E-state index is 0.00352. The van der Waals surface area contributed by atoms with Gasteiger partial charge in [0.25, 0.3) is 0 Å². The summed E-state index contributed by atoms with van der Waals surface area (Å²) in [6.45, 7) is 2.01. The third kappa shape index (κ3) is 3.94. The summed E-state index contributed by atoms with van der Waals surface area (Å²) in [6, 6.07) is 18.8. The molecule has 2 aromatic carbocycles. The van der Waals surface area contributed by atoms with Crippen LogP contribution in [0.2, 0.25) is 5.02 Å². The highest BCUT2D eigenvalue weighted by atomic mass is 35.5. The minimum Gasteiger partial charge on any atom is -0.318 e. The van der Waals surface area contributed by atoms with Gasteiger partial charge in [0.1, 0.15) is 0 Å². The lowest BCUT2D eigenvalue weighted by molar-refractivity contribution is 0.0977. The first-order valence-corrected chi connectivity index (χ1v) is 8.84. The highest BCUT2D eigenvalue weighted by molar-refractivity contribution is 6.30. The SMILES string of the molecule is Cc1cc(Cl)ccc1C(CC(=O)c1ccc(=O)n(C)c1)c1ccccc1. The van der Waals surface area contributed by atoms with Crippen LogP contribution in [0, 0.1) is 6.92 Å². The zero-order chi connectivity index (χ0) is 18.7. The molecule has 3 aromatic rings. The summed E-state index contributed by atoms with van der Waals surface area (Å²) in [5.41, 5.74) is 3.63. The van der Waals surface area contributed by atoms with Crippen LogP contribution >= 0.6 is 11.6 Å². The van der Waals surface area contributed by atoms with E-state index in [1.165, 1.54) is 10.6 Å². The smallest absolute Gasteiger partial charge is 0.250 e. The van der Waals surface area contributed by atoms with Crippen molar-refractivity contribution in [3.05, 3.63) is 104 Å². The van der Waals surface area contributed by atoms with E-state index in [0.29, 0.717) is 17.0 Å². The Morgan fingerprint density at radius 2 is 1.81 bits per heavy atom. The Labute approximate surface area is 157 Å². The van der Waals surface area contributed by atoms with Gasteiger partial charge < -0.3 is 4.57 Å². The summed E-state index contributed by atoms with van der Waals surface area (Å²) in [5.74, 6) is -0.0676. The lowest BCUT2D eigenvalue weighted by atomic mass is 9.84. The maximum absolute atomic E-state index is 12.9. The molecule has 0 amide bonds. The van der Waals surface area contributed by atoms with Gasteiger partial charge in [0, 0.05) is 42.2 Å². The Kier molecular flexibility index (Phi) is 5.38. The number of aromatic nitrogens is 1. The molecule has 0 radical (unpaired) electrons. The van der Waals surface area contributed by atoms with Crippen molar-refractivity contribution in [3.8, 4) is 0 Å². The summed E-state index contributed by atoms with van der Waals surface area (Å²) in [5, 5.41) is 0.683. The van der Waals surface area contributed by atoms with Gasteiger partial charge in [-0.25, -0.2) is 0 Å². The average Bonchev–Trinajstić information content (AvgIpc) is 2.63. The van der Waals surface area contributed by atoms with Crippen LogP contribution in [0.3, 0.4) is 0 Å². The van der Waals surface area contributed by atoms with Crippen molar-refractivity contribution in [1.82, 2.24) is 4.57 Å². The van der Waals surface area contributed by atoms with Gasteiger partial charge in [0.05, 0.1) is 0 Å². The molecular weight excluding hydrogens is 346 g/mol. The Morgan fingerprint density at radius 3 is 2.46 bits per heavy atom. The number of carbonyl (C=O) groups excluding carboxylic acids is 1. The molecule has 0 bridgehead atoms. The second-order valence-corrected chi connectivity index (χ2v) is 6.89. The van der Waals surface area contributed by atoms with Crippen molar-refractivity contribution in [2.24, 2.45) is 7.05 Å².